The normalized spacial score (nSPS) is 17.8. The molecule has 6 heteroatoms. The van der Waals surface area contributed by atoms with Gasteiger partial charge in [0.25, 0.3) is 0 Å². The average Bonchev–Trinajstić information content (AvgIpc) is 3.07. The van der Waals surface area contributed by atoms with E-state index in [-0.39, 0.29) is 18.4 Å². The standard InChI is InChI=1S/C18H27NO5/c1-22-14-10-16(23-2)18(17(11-14)24-3)15(21)7-5-9-19-8-4-6-13(19)12-20/h10-11,13,20H,4-9,12H2,1-3H3. The van der Waals surface area contributed by atoms with Crippen LogP contribution in [0.4, 0.5) is 0 Å². The van der Waals surface area contributed by atoms with Gasteiger partial charge in [-0.25, -0.2) is 0 Å². The van der Waals surface area contributed by atoms with E-state index in [9.17, 15) is 9.90 Å². The Labute approximate surface area is 143 Å². The maximum Gasteiger partial charge on any atom is 0.170 e. The third-order valence-corrected chi connectivity index (χ3v) is 4.55. The van der Waals surface area contributed by atoms with E-state index in [1.165, 1.54) is 14.2 Å². The lowest BCUT2D eigenvalue weighted by atomic mass is 10.0. The van der Waals surface area contributed by atoms with Gasteiger partial charge in [-0.2, -0.15) is 0 Å². The van der Waals surface area contributed by atoms with Crippen LogP contribution >= 0.6 is 0 Å². The Morgan fingerprint density at radius 2 is 1.88 bits per heavy atom. The van der Waals surface area contributed by atoms with Gasteiger partial charge in [0.2, 0.25) is 0 Å². The summed E-state index contributed by atoms with van der Waals surface area (Å²) in [6.45, 7) is 2.00. The molecule has 0 aromatic heterocycles. The molecule has 134 valence electrons. The number of aliphatic hydroxyl groups is 1. The van der Waals surface area contributed by atoms with E-state index in [0.717, 1.165) is 32.4 Å². The number of methoxy groups -OCH3 is 3. The van der Waals surface area contributed by atoms with Crippen molar-refractivity contribution < 1.29 is 24.1 Å². The number of hydrogen-bond acceptors (Lipinski definition) is 6. The number of carbonyl (C=O) groups is 1. The lowest BCUT2D eigenvalue weighted by Gasteiger charge is -2.22. The summed E-state index contributed by atoms with van der Waals surface area (Å²) in [7, 11) is 4.62. The quantitative estimate of drug-likeness (QED) is 0.696. The van der Waals surface area contributed by atoms with E-state index in [0.29, 0.717) is 29.2 Å². The molecule has 2 rings (SSSR count). The molecular formula is C18H27NO5. The Morgan fingerprint density at radius 3 is 2.42 bits per heavy atom. The van der Waals surface area contributed by atoms with Gasteiger partial charge in [-0.15, -0.1) is 0 Å². The summed E-state index contributed by atoms with van der Waals surface area (Å²) in [6.07, 6.45) is 3.30. The molecule has 1 N–H and O–H groups in total. The minimum Gasteiger partial charge on any atom is -0.496 e. The molecule has 1 aliphatic rings. The summed E-state index contributed by atoms with van der Waals surface area (Å²) in [5, 5.41) is 9.36. The Kier molecular flexibility index (Phi) is 6.87. The number of carbonyl (C=O) groups excluding carboxylic acids is 1. The van der Waals surface area contributed by atoms with Gasteiger partial charge >= 0.3 is 0 Å². The first-order chi connectivity index (χ1) is 11.6. The van der Waals surface area contributed by atoms with Crippen molar-refractivity contribution in [2.45, 2.75) is 31.7 Å². The summed E-state index contributed by atoms with van der Waals surface area (Å²) in [6, 6.07) is 3.63. The van der Waals surface area contributed by atoms with E-state index < -0.39 is 0 Å². The summed E-state index contributed by atoms with van der Waals surface area (Å²) in [5.41, 5.74) is 0.459. The summed E-state index contributed by atoms with van der Waals surface area (Å²) < 4.78 is 15.9. The predicted molar refractivity (Wildman–Crippen MR) is 91.3 cm³/mol. The number of rotatable bonds is 9. The minimum absolute atomic E-state index is 0.00824. The molecule has 1 heterocycles. The first kappa shape index (κ1) is 18.5. The number of ether oxygens (including phenoxy) is 3. The lowest BCUT2D eigenvalue weighted by Crippen LogP contribution is -2.33. The van der Waals surface area contributed by atoms with Crippen LogP contribution in [0, 0.1) is 0 Å². The van der Waals surface area contributed by atoms with Crippen LogP contribution in [0.1, 0.15) is 36.0 Å². The van der Waals surface area contributed by atoms with Gasteiger partial charge in [0, 0.05) is 24.6 Å². The fourth-order valence-corrected chi connectivity index (χ4v) is 3.24. The van der Waals surface area contributed by atoms with Crippen LogP contribution in [0.5, 0.6) is 17.2 Å². The molecule has 1 saturated heterocycles. The molecule has 0 bridgehead atoms. The molecule has 24 heavy (non-hydrogen) atoms. The number of likely N-dealkylation sites (tertiary alicyclic amines) is 1. The molecule has 1 unspecified atom stereocenters. The number of hydrogen-bond donors (Lipinski definition) is 1. The zero-order valence-electron chi connectivity index (χ0n) is 14.7. The van der Waals surface area contributed by atoms with Crippen molar-refractivity contribution in [1.82, 2.24) is 4.90 Å². The molecular weight excluding hydrogens is 310 g/mol. The molecule has 0 amide bonds. The Bertz CT molecular complexity index is 535. The van der Waals surface area contributed by atoms with Crippen molar-refractivity contribution in [3.05, 3.63) is 17.7 Å². The topological polar surface area (TPSA) is 68.2 Å². The van der Waals surface area contributed by atoms with Gasteiger partial charge < -0.3 is 19.3 Å². The smallest absolute Gasteiger partial charge is 0.170 e. The van der Waals surface area contributed by atoms with Gasteiger partial charge in [-0.3, -0.25) is 9.69 Å². The van der Waals surface area contributed by atoms with Crippen LogP contribution in [-0.4, -0.2) is 62.9 Å². The van der Waals surface area contributed by atoms with Crippen LogP contribution < -0.4 is 14.2 Å². The Morgan fingerprint density at radius 1 is 1.21 bits per heavy atom. The van der Waals surface area contributed by atoms with Gasteiger partial charge in [0.1, 0.15) is 22.8 Å². The molecule has 0 spiro atoms. The second-order valence-corrected chi connectivity index (χ2v) is 5.95. The van der Waals surface area contributed by atoms with Gasteiger partial charge in [-0.1, -0.05) is 0 Å². The van der Waals surface area contributed by atoms with Crippen molar-refractivity contribution in [3.63, 3.8) is 0 Å². The highest BCUT2D eigenvalue weighted by Gasteiger charge is 2.24. The number of Topliss-reactive ketones (excluding diaryl/α,β-unsaturated/α-hetero) is 1. The third-order valence-electron chi connectivity index (χ3n) is 4.55. The summed E-state index contributed by atoms with van der Waals surface area (Å²) in [5.74, 6) is 1.51. The molecule has 6 nitrogen and oxygen atoms in total. The van der Waals surface area contributed by atoms with E-state index in [1.54, 1.807) is 19.2 Å². The molecule has 1 aromatic carbocycles. The first-order valence-corrected chi connectivity index (χ1v) is 8.32. The molecule has 1 fully saturated rings. The zero-order chi connectivity index (χ0) is 17.5. The van der Waals surface area contributed by atoms with Crippen LogP contribution in [0.15, 0.2) is 12.1 Å². The van der Waals surface area contributed by atoms with Crippen molar-refractivity contribution in [1.29, 1.82) is 0 Å². The van der Waals surface area contributed by atoms with Crippen molar-refractivity contribution in [3.8, 4) is 17.2 Å². The second-order valence-electron chi connectivity index (χ2n) is 5.95. The van der Waals surface area contributed by atoms with E-state index >= 15 is 0 Å². The van der Waals surface area contributed by atoms with Gasteiger partial charge in [0.05, 0.1) is 27.9 Å². The summed E-state index contributed by atoms with van der Waals surface area (Å²) >= 11 is 0. The minimum atomic E-state index is -0.00824. The average molecular weight is 337 g/mol. The number of nitrogens with zero attached hydrogens (tertiary/aromatic N) is 1. The number of benzene rings is 1. The van der Waals surface area contributed by atoms with Crippen LogP contribution in [0.2, 0.25) is 0 Å². The van der Waals surface area contributed by atoms with E-state index in [4.69, 9.17) is 14.2 Å². The third kappa shape index (κ3) is 4.19. The second kappa shape index (κ2) is 8.89. The molecule has 0 saturated carbocycles. The fraction of sp³-hybridized carbons (Fsp3) is 0.611. The van der Waals surface area contributed by atoms with Crippen LogP contribution in [0.25, 0.3) is 0 Å². The Hall–Kier alpha value is -1.79. The predicted octanol–water partition coefficient (Wildman–Crippen LogP) is 2.13. The van der Waals surface area contributed by atoms with Gasteiger partial charge in [0.15, 0.2) is 5.78 Å². The first-order valence-electron chi connectivity index (χ1n) is 8.32. The molecule has 1 aromatic rings. The van der Waals surface area contributed by atoms with Crippen molar-refractivity contribution in [2.75, 3.05) is 41.0 Å². The highest BCUT2D eigenvalue weighted by Crippen LogP contribution is 2.35. The lowest BCUT2D eigenvalue weighted by molar-refractivity contribution is 0.0963. The van der Waals surface area contributed by atoms with Crippen molar-refractivity contribution in [2.24, 2.45) is 0 Å². The number of ketones is 1. The SMILES string of the molecule is COc1cc(OC)c(C(=O)CCCN2CCCC2CO)c(OC)c1. The largest absolute Gasteiger partial charge is 0.496 e. The summed E-state index contributed by atoms with van der Waals surface area (Å²) in [4.78, 5) is 14.9. The fourth-order valence-electron chi connectivity index (χ4n) is 3.24. The highest BCUT2D eigenvalue weighted by atomic mass is 16.5. The monoisotopic (exact) mass is 337 g/mol. The molecule has 1 atom stereocenters. The molecule has 1 aliphatic heterocycles. The van der Waals surface area contributed by atoms with E-state index in [1.807, 2.05) is 0 Å². The van der Waals surface area contributed by atoms with Gasteiger partial charge in [-0.05, 0) is 32.4 Å². The maximum absolute atomic E-state index is 12.7. The zero-order valence-corrected chi connectivity index (χ0v) is 14.7. The van der Waals surface area contributed by atoms with Crippen molar-refractivity contribution >= 4 is 5.78 Å². The van der Waals surface area contributed by atoms with Crippen LogP contribution in [-0.2, 0) is 0 Å². The molecule has 0 aliphatic carbocycles. The van der Waals surface area contributed by atoms with Crippen LogP contribution in [0.3, 0.4) is 0 Å². The Balaban J connectivity index is 2.03. The number of aliphatic hydroxyl groups excluding tert-OH is 1. The maximum atomic E-state index is 12.7. The highest BCUT2D eigenvalue weighted by molar-refractivity contribution is 6.01. The molecule has 0 radical (unpaired) electrons. The van der Waals surface area contributed by atoms with E-state index in [2.05, 4.69) is 4.90 Å².